The predicted octanol–water partition coefficient (Wildman–Crippen LogP) is 3.03. The van der Waals surface area contributed by atoms with Crippen molar-refractivity contribution in [3.8, 4) is 0 Å². The van der Waals surface area contributed by atoms with E-state index in [0.29, 0.717) is 23.7 Å². The van der Waals surface area contributed by atoms with Gasteiger partial charge in [0.15, 0.2) is 0 Å². The van der Waals surface area contributed by atoms with Gasteiger partial charge in [-0.1, -0.05) is 29.8 Å². The summed E-state index contributed by atoms with van der Waals surface area (Å²) in [6, 6.07) is 7.56. The molecule has 1 amide bonds. The number of carbonyl (C=O) groups excluding carboxylic acids is 1. The molecule has 1 aromatic carbocycles. The van der Waals surface area contributed by atoms with E-state index in [9.17, 15) is 4.79 Å². The third-order valence-electron chi connectivity index (χ3n) is 3.05. The lowest BCUT2D eigenvalue weighted by Crippen LogP contribution is -2.30. The van der Waals surface area contributed by atoms with Crippen molar-refractivity contribution in [3.05, 3.63) is 52.3 Å². The number of hydrogen-bond donors (Lipinski definition) is 1. The summed E-state index contributed by atoms with van der Waals surface area (Å²) in [6.45, 7) is 4.90. The summed E-state index contributed by atoms with van der Waals surface area (Å²) in [5.41, 5.74) is 2.33. The molecule has 100 valence electrons. The topological polar surface area (TPSA) is 49.0 Å². The summed E-state index contributed by atoms with van der Waals surface area (Å²) in [7, 11) is 0. The van der Waals surface area contributed by atoms with E-state index in [1.54, 1.807) is 11.1 Å². The van der Waals surface area contributed by atoms with Crippen LogP contribution in [-0.2, 0) is 6.54 Å². The number of carbonyl (C=O) groups is 1. The Morgan fingerprint density at radius 1 is 1.42 bits per heavy atom. The summed E-state index contributed by atoms with van der Waals surface area (Å²) >= 11 is 6.13. The Bertz CT molecular complexity index is 580. The monoisotopic (exact) mass is 277 g/mol. The molecule has 0 aliphatic carbocycles. The van der Waals surface area contributed by atoms with Crippen molar-refractivity contribution in [2.75, 3.05) is 6.54 Å². The number of amides is 1. The zero-order valence-electron chi connectivity index (χ0n) is 11.0. The van der Waals surface area contributed by atoms with E-state index in [1.807, 2.05) is 38.1 Å². The van der Waals surface area contributed by atoms with Gasteiger partial charge in [0, 0.05) is 23.8 Å². The van der Waals surface area contributed by atoms with Crippen molar-refractivity contribution >= 4 is 17.5 Å². The van der Waals surface area contributed by atoms with E-state index in [1.165, 1.54) is 0 Å². The van der Waals surface area contributed by atoms with Crippen LogP contribution in [0.2, 0.25) is 5.02 Å². The Labute approximate surface area is 117 Å². The highest BCUT2D eigenvalue weighted by molar-refractivity contribution is 6.31. The van der Waals surface area contributed by atoms with E-state index in [-0.39, 0.29) is 5.91 Å². The summed E-state index contributed by atoms with van der Waals surface area (Å²) in [6.07, 6.45) is 1.56. The quantitative estimate of drug-likeness (QED) is 0.934. The largest absolute Gasteiger partial charge is 0.334 e. The highest BCUT2D eigenvalue weighted by Gasteiger charge is 2.18. The number of rotatable bonds is 4. The SMILES string of the molecule is CCN(Cc1ccccc1Cl)C(=O)c1cn[nH]c1C. The van der Waals surface area contributed by atoms with Crippen LogP contribution in [0.1, 0.15) is 28.5 Å². The number of aryl methyl sites for hydroxylation is 1. The Morgan fingerprint density at radius 3 is 2.74 bits per heavy atom. The molecule has 0 unspecified atom stereocenters. The van der Waals surface area contributed by atoms with Crippen molar-refractivity contribution in [2.45, 2.75) is 20.4 Å². The fourth-order valence-electron chi connectivity index (χ4n) is 1.90. The number of aromatic nitrogens is 2. The number of nitrogens with one attached hydrogen (secondary N) is 1. The lowest BCUT2D eigenvalue weighted by atomic mass is 10.2. The summed E-state index contributed by atoms with van der Waals surface area (Å²) in [5.74, 6) is -0.0336. The van der Waals surface area contributed by atoms with Crippen LogP contribution in [-0.4, -0.2) is 27.5 Å². The molecule has 0 spiro atoms. The fourth-order valence-corrected chi connectivity index (χ4v) is 2.09. The van der Waals surface area contributed by atoms with Gasteiger partial charge in [-0.05, 0) is 25.5 Å². The molecule has 0 fully saturated rings. The van der Waals surface area contributed by atoms with E-state index in [4.69, 9.17) is 11.6 Å². The van der Waals surface area contributed by atoms with Crippen LogP contribution >= 0.6 is 11.6 Å². The molecule has 0 aliphatic rings. The summed E-state index contributed by atoms with van der Waals surface area (Å²) in [5, 5.41) is 7.34. The third-order valence-corrected chi connectivity index (χ3v) is 3.42. The van der Waals surface area contributed by atoms with Crippen molar-refractivity contribution in [3.63, 3.8) is 0 Å². The van der Waals surface area contributed by atoms with E-state index in [2.05, 4.69) is 10.2 Å². The van der Waals surface area contributed by atoms with E-state index in [0.717, 1.165) is 11.3 Å². The molecule has 0 radical (unpaired) electrons. The highest BCUT2D eigenvalue weighted by atomic mass is 35.5. The lowest BCUT2D eigenvalue weighted by molar-refractivity contribution is 0.0752. The first-order valence-corrected chi connectivity index (χ1v) is 6.54. The minimum atomic E-state index is -0.0336. The van der Waals surface area contributed by atoms with Crippen molar-refractivity contribution < 1.29 is 4.79 Å². The van der Waals surface area contributed by atoms with Gasteiger partial charge in [-0.3, -0.25) is 9.89 Å². The van der Waals surface area contributed by atoms with Crippen LogP contribution in [0.25, 0.3) is 0 Å². The molecule has 0 saturated carbocycles. The summed E-state index contributed by atoms with van der Waals surface area (Å²) < 4.78 is 0. The van der Waals surface area contributed by atoms with Crippen molar-refractivity contribution in [1.29, 1.82) is 0 Å². The van der Waals surface area contributed by atoms with Gasteiger partial charge < -0.3 is 4.90 Å². The molecule has 1 N–H and O–H groups in total. The standard InChI is InChI=1S/C14H16ClN3O/c1-3-18(9-11-6-4-5-7-13(11)15)14(19)12-8-16-17-10(12)2/h4-8H,3,9H2,1-2H3,(H,16,17). The first kappa shape index (κ1) is 13.6. The first-order valence-electron chi connectivity index (χ1n) is 6.16. The normalized spacial score (nSPS) is 10.5. The maximum absolute atomic E-state index is 12.4. The Balaban J connectivity index is 2.20. The molecule has 4 nitrogen and oxygen atoms in total. The highest BCUT2D eigenvalue weighted by Crippen LogP contribution is 2.18. The molecule has 0 aliphatic heterocycles. The Hall–Kier alpha value is -1.81. The average molecular weight is 278 g/mol. The smallest absolute Gasteiger partial charge is 0.257 e. The molecule has 2 rings (SSSR count). The molecule has 0 saturated heterocycles. The number of H-pyrrole nitrogens is 1. The molecule has 19 heavy (non-hydrogen) atoms. The third kappa shape index (κ3) is 2.96. The predicted molar refractivity (Wildman–Crippen MR) is 75.2 cm³/mol. The minimum absolute atomic E-state index is 0.0336. The second-order valence-corrected chi connectivity index (χ2v) is 4.73. The van der Waals surface area contributed by atoms with Crippen molar-refractivity contribution in [2.24, 2.45) is 0 Å². The number of aromatic amines is 1. The molecule has 1 heterocycles. The van der Waals surface area contributed by atoms with Crippen LogP contribution in [0.4, 0.5) is 0 Å². The number of hydrogen-bond acceptors (Lipinski definition) is 2. The number of halogens is 1. The lowest BCUT2D eigenvalue weighted by Gasteiger charge is -2.21. The Kier molecular flexibility index (Phi) is 4.22. The van der Waals surface area contributed by atoms with Crippen LogP contribution in [0, 0.1) is 6.92 Å². The van der Waals surface area contributed by atoms with Gasteiger partial charge >= 0.3 is 0 Å². The van der Waals surface area contributed by atoms with E-state index < -0.39 is 0 Å². The van der Waals surface area contributed by atoms with Gasteiger partial charge in [0.05, 0.1) is 11.8 Å². The van der Waals surface area contributed by atoms with Gasteiger partial charge in [0.1, 0.15) is 0 Å². The molecule has 0 atom stereocenters. The van der Waals surface area contributed by atoms with Gasteiger partial charge in [-0.25, -0.2) is 0 Å². The molecule has 1 aromatic heterocycles. The Morgan fingerprint density at radius 2 is 2.16 bits per heavy atom. The molecular formula is C14H16ClN3O. The second-order valence-electron chi connectivity index (χ2n) is 4.32. The van der Waals surface area contributed by atoms with E-state index >= 15 is 0 Å². The van der Waals surface area contributed by atoms with Crippen LogP contribution in [0.15, 0.2) is 30.5 Å². The molecule has 5 heteroatoms. The molecule has 2 aromatic rings. The van der Waals surface area contributed by atoms with Crippen LogP contribution in [0.3, 0.4) is 0 Å². The summed E-state index contributed by atoms with van der Waals surface area (Å²) in [4.78, 5) is 14.1. The first-order chi connectivity index (χ1) is 9.13. The fraction of sp³-hybridized carbons (Fsp3) is 0.286. The number of benzene rings is 1. The van der Waals surface area contributed by atoms with Crippen LogP contribution < -0.4 is 0 Å². The van der Waals surface area contributed by atoms with Gasteiger partial charge in [0.25, 0.3) is 5.91 Å². The second kappa shape index (κ2) is 5.89. The maximum atomic E-state index is 12.4. The maximum Gasteiger partial charge on any atom is 0.257 e. The van der Waals surface area contributed by atoms with Gasteiger partial charge in [0.2, 0.25) is 0 Å². The van der Waals surface area contributed by atoms with Gasteiger partial charge in [-0.15, -0.1) is 0 Å². The minimum Gasteiger partial charge on any atom is -0.334 e. The van der Waals surface area contributed by atoms with Crippen molar-refractivity contribution in [1.82, 2.24) is 15.1 Å². The van der Waals surface area contributed by atoms with Crippen LogP contribution in [0.5, 0.6) is 0 Å². The average Bonchev–Trinajstić information content (AvgIpc) is 2.83. The number of nitrogens with zero attached hydrogens (tertiary/aromatic N) is 2. The molecular weight excluding hydrogens is 262 g/mol. The molecule has 0 bridgehead atoms. The zero-order chi connectivity index (χ0) is 13.8. The zero-order valence-corrected chi connectivity index (χ0v) is 11.7. The van der Waals surface area contributed by atoms with Gasteiger partial charge in [-0.2, -0.15) is 5.10 Å².